The van der Waals surface area contributed by atoms with Gasteiger partial charge in [0.25, 0.3) is 0 Å². The van der Waals surface area contributed by atoms with Crippen LogP contribution in [0.5, 0.6) is 0 Å². The zero-order valence-electron chi connectivity index (χ0n) is 21.1. The summed E-state index contributed by atoms with van der Waals surface area (Å²) in [7, 11) is 0. The number of benzene rings is 4. The highest BCUT2D eigenvalue weighted by Gasteiger charge is 2.38. The third-order valence-electron chi connectivity index (χ3n) is 7.04. The molecule has 1 aliphatic rings. The zero-order valence-corrected chi connectivity index (χ0v) is 21.1. The van der Waals surface area contributed by atoms with Crippen molar-refractivity contribution >= 4 is 23.3 Å². The van der Waals surface area contributed by atoms with Gasteiger partial charge in [-0.15, -0.1) is 0 Å². The topological polar surface area (TPSA) is 64.1 Å². The Bertz CT molecular complexity index is 1250. The summed E-state index contributed by atoms with van der Waals surface area (Å²) in [6.07, 6.45) is 0. The largest absolute Gasteiger partial charge is 0.480 e. The number of para-hydroxylation sites is 2. The molecule has 192 valence electrons. The van der Waals surface area contributed by atoms with Gasteiger partial charge in [-0.25, -0.2) is 4.79 Å². The van der Waals surface area contributed by atoms with E-state index in [1.54, 1.807) is 0 Å². The molecular weight excluding hydrogens is 474 g/mol. The first-order chi connectivity index (χ1) is 18.6. The number of carboxylic acid groups (broad SMARTS) is 1. The van der Waals surface area contributed by atoms with Crippen LogP contribution < -0.4 is 4.90 Å². The Labute approximate surface area is 223 Å². The fraction of sp³-hybridized carbons (Fsp3) is 0.188. The van der Waals surface area contributed by atoms with Gasteiger partial charge in [-0.2, -0.15) is 0 Å². The van der Waals surface area contributed by atoms with Crippen molar-refractivity contribution in [2.24, 2.45) is 0 Å². The normalized spacial score (nSPS) is 15.8. The number of nitrogens with zero attached hydrogens (tertiary/aromatic N) is 3. The highest BCUT2D eigenvalue weighted by Crippen LogP contribution is 2.31. The molecule has 1 atom stereocenters. The van der Waals surface area contributed by atoms with Gasteiger partial charge in [0.05, 0.1) is 6.04 Å². The van der Waals surface area contributed by atoms with Crippen LogP contribution in [0.1, 0.15) is 17.2 Å². The van der Waals surface area contributed by atoms with Crippen molar-refractivity contribution in [3.63, 3.8) is 0 Å². The molecular formula is C32H31N3O3. The molecule has 0 spiro atoms. The van der Waals surface area contributed by atoms with E-state index in [0.29, 0.717) is 13.1 Å². The summed E-state index contributed by atoms with van der Waals surface area (Å²) in [5, 5.41) is 10.2. The van der Waals surface area contributed by atoms with Crippen molar-refractivity contribution in [2.45, 2.75) is 12.1 Å². The monoisotopic (exact) mass is 505 g/mol. The van der Waals surface area contributed by atoms with Crippen LogP contribution >= 0.6 is 0 Å². The fourth-order valence-corrected chi connectivity index (χ4v) is 5.21. The third kappa shape index (κ3) is 5.61. The summed E-state index contributed by atoms with van der Waals surface area (Å²) < 4.78 is 0. The van der Waals surface area contributed by atoms with Crippen molar-refractivity contribution in [3.8, 4) is 0 Å². The first kappa shape index (κ1) is 25.2. The van der Waals surface area contributed by atoms with E-state index in [1.807, 2.05) is 102 Å². The summed E-state index contributed by atoms with van der Waals surface area (Å²) in [4.78, 5) is 31.8. The maximum atomic E-state index is 13.7. The fourth-order valence-electron chi connectivity index (χ4n) is 5.21. The van der Waals surface area contributed by atoms with E-state index in [2.05, 4.69) is 29.2 Å². The third-order valence-corrected chi connectivity index (χ3v) is 7.04. The lowest BCUT2D eigenvalue weighted by Gasteiger charge is -2.43. The summed E-state index contributed by atoms with van der Waals surface area (Å²) in [6.45, 7) is 1.20. The van der Waals surface area contributed by atoms with Crippen LogP contribution in [0.15, 0.2) is 121 Å². The maximum absolute atomic E-state index is 13.7. The van der Waals surface area contributed by atoms with Gasteiger partial charge < -0.3 is 14.9 Å². The van der Waals surface area contributed by atoms with Gasteiger partial charge >= 0.3 is 5.97 Å². The Morgan fingerprint density at radius 2 is 1.16 bits per heavy atom. The van der Waals surface area contributed by atoms with Crippen LogP contribution in [-0.2, 0) is 9.59 Å². The van der Waals surface area contributed by atoms with E-state index in [9.17, 15) is 14.7 Å². The molecule has 0 aliphatic carbocycles. The zero-order chi connectivity index (χ0) is 26.3. The number of hydrogen-bond acceptors (Lipinski definition) is 4. The number of carbonyl (C=O) groups is 2. The number of amides is 1. The minimum atomic E-state index is -0.992. The maximum Gasteiger partial charge on any atom is 0.327 e. The lowest BCUT2D eigenvalue weighted by molar-refractivity contribution is -0.153. The molecule has 1 heterocycles. The Kier molecular flexibility index (Phi) is 7.81. The lowest BCUT2D eigenvalue weighted by Crippen LogP contribution is -2.60. The quantitative estimate of drug-likeness (QED) is 0.356. The molecule has 1 amide bonds. The molecule has 1 fully saturated rings. The van der Waals surface area contributed by atoms with Crippen LogP contribution in [0.3, 0.4) is 0 Å². The minimum Gasteiger partial charge on any atom is -0.480 e. The number of carbonyl (C=O) groups excluding carboxylic acids is 1. The van der Waals surface area contributed by atoms with Crippen LogP contribution in [0.4, 0.5) is 11.4 Å². The van der Waals surface area contributed by atoms with E-state index >= 15 is 0 Å². The molecule has 5 rings (SSSR count). The smallest absolute Gasteiger partial charge is 0.327 e. The second-order valence-corrected chi connectivity index (χ2v) is 9.42. The Hall–Kier alpha value is -4.42. The molecule has 4 aromatic carbocycles. The Morgan fingerprint density at radius 3 is 1.61 bits per heavy atom. The van der Waals surface area contributed by atoms with Crippen molar-refractivity contribution < 1.29 is 14.7 Å². The predicted octanol–water partition coefficient (Wildman–Crippen LogP) is 5.21. The van der Waals surface area contributed by atoms with Crippen molar-refractivity contribution in [1.82, 2.24) is 9.80 Å². The number of anilines is 2. The summed E-state index contributed by atoms with van der Waals surface area (Å²) in [5.41, 5.74) is 3.96. The van der Waals surface area contributed by atoms with Gasteiger partial charge in [0.15, 0.2) is 0 Å². The van der Waals surface area contributed by atoms with Gasteiger partial charge in [-0.3, -0.25) is 9.69 Å². The second-order valence-electron chi connectivity index (χ2n) is 9.42. The highest BCUT2D eigenvalue weighted by molar-refractivity contribution is 5.88. The molecule has 1 aliphatic heterocycles. The van der Waals surface area contributed by atoms with Crippen molar-refractivity contribution in [1.29, 1.82) is 0 Å². The van der Waals surface area contributed by atoms with E-state index in [-0.39, 0.29) is 25.0 Å². The molecule has 0 saturated carbocycles. The molecule has 1 unspecified atom stereocenters. The Balaban J connectivity index is 1.40. The van der Waals surface area contributed by atoms with Crippen LogP contribution in [0.25, 0.3) is 0 Å². The second kappa shape index (κ2) is 11.8. The molecule has 38 heavy (non-hydrogen) atoms. The lowest BCUT2D eigenvalue weighted by atomic mass is 9.95. The Morgan fingerprint density at radius 1 is 0.711 bits per heavy atom. The minimum absolute atomic E-state index is 0.0542. The van der Waals surface area contributed by atoms with Crippen LogP contribution in [0, 0.1) is 0 Å². The molecule has 1 saturated heterocycles. The van der Waals surface area contributed by atoms with E-state index < -0.39 is 12.0 Å². The van der Waals surface area contributed by atoms with Gasteiger partial charge in [0, 0.05) is 31.0 Å². The summed E-state index contributed by atoms with van der Waals surface area (Å²) in [6, 6.07) is 38.6. The van der Waals surface area contributed by atoms with Gasteiger partial charge in [-0.1, -0.05) is 97.1 Å². The van der Waals surface area contributed by atoms with E-state index in [1.165, 1.54) is 4.90 Å². The standard InChI is InChI=1S/C32H31N3O3/c36-30(24-35(27-17-9-3-10-18-27)28-19-11-4-12-20-28)34-22-21-33(23-29(34)32(37)38)31(25-13-5-1-6-14-25)26-15-7-2-8-16-26/h1-20,29,31H,21-24H2,(H,37,38). The first-order valence-corrected chi connectivity index (χ1v) is 12.9. The number of hydrogen-bond donors (Lipinski definition) is 1. The molecule has 0 bridgehead atoms. The average molecular weight is 506 g/mol. The first-order valence-electron chi connectivity index (χ1n) is 12.9. The van der Waals surface area contributed by atoms with Crippen LogP contribution in [-0.4, -0.2) is 59.0 Å². The highest BCUT2D eigenvalue weighted by atomic mass is 16.4. The van der Waals surface area contributed by atoms with Crippen LogP contribution in [0.2, 0.25) is 0 Å². The number of carboxylic acids is 1. The SMILES string of the molecule is O=C(O)C1CN(C(c2ccccc2)c2ccccc2)CCN1C(=O)CN(c1ccccc1)c1ccccc1. The van der Waals surface area contributed by atoms with E-state index in [0.717, 1.165) is 22.5 Å². The van der Waals surface area contributed by atoms with Crippen molar-refractivity contribution in [2.75, 3.05) is 31.1 Å². The number of rotatable bonds is 8. The molecule has 1 N–H and O–H groups in total. The van der Waals surface area contributed by atoms with Gasteiger partial charge in [0.2, 0.25) is 5.91 Å². The molecule has 0 radical (unpaired) electrons. The average Bonchev–Trinajstić information content (AvgIpc) is 2.98. The summed E-state index contributed by atoms with van der Waals surface area (Å²) in [5.74, 6) is -1.20. The summed E-state index contributed by atoms with van der Waals surface area (Å²) >= 11 is 0. The predicted molar refractivity (Wildman–Crippen MR) is 149 cm³/mol. The number of aliphatic carboxylic acids is 1. The number of piperazine rings is 1. The molecule has 6 nitrogen and oxygen atoms in total. The molecule has 0 aromatic heterocycles. The van der Waals surface area contributed by atoms with Crippen molar-refractivity contribution in [3.05, 3.63) is 132 Å². The molecule has 4 aromatic rings. The van der Waals surface area contributed by atoms with Gasteiger partial charge in [-0.05, 0) is 35.4 Å². The van der Waals surface area contributed by atoms with E-state index in [4.69, 9.17) is 0 Å². The van der Waals surface area contributed by atoms with Gasteiger partial charge in [0.1, 0.15) is 12.6 Å². The molecule has 6 heteroatoms.